The Kier molecular flexibility index (Phi) is 3.01. The van der Waals surface area contributed by atoms with Crippen LogP contribution in [0, 0.1) is 0 Å². The molecular formula is C10H11BrN4. The minimum Gasteiger partial charge on any atom is -0.363 e. The lowest BCUT2D eigenvalue weighted by atomic mass is 10.4. The summed E-state index contributed by atoms with van der Waals surface area (Å²) in [6, 6.07) is 5.82. The molecule has 0 unspecified atom stereocenters. The molecule has 4 nitrogen and oxygen atoms in total. The lowest BCUT2D eigenvalue weighted by Crippen LogP contribution is -2.06. The first-order chi connectivity index (χ1) is 7.27. The van der Waals surface area contributed by atoms with Crippen molar-refractivity contribution in [2.24, 2.45) is 7.05 Å². The van der Waals surface area contributed by atoms with Gasteiger partial charge in [0.2, 0.25) is 0 Å². The van der Waals surface area contributed by atoms with Crippen molar-refractivity contribution in [1.29, 1.82) is 0 Å². The molecule has 0 spiro atoms. The summed E-state index contributed by atoms with van der Waals surface area (Å²) in [5, 5.41) is 7.33. The van der Waals surface area contributed by atoms with Gasteiger partial charge in [-0.3, -0.25) is 4.68 Å². The maximum atomic E-state index is 4.22. The van der Waals surface area contributed by atoms with Gasteiger partial charge in [0, 0.05) is 19.4 Å². The molecule has 0 saturated heterocycles. The van der Waals surface area contributed by atoms with Gasteiger partial charge in [-0.05, 0) is 34.1 Å². The molecule has 1 N–H and O–H groups in total. The van der Waals surface area contributed by atoms with Crippen LogP contribution in [0.1, 0.15) is 5.69 Å². The molecule has 0 saturated carbocycles. The fraction of sp³-hybridized carbons (Fsp3) is 0.200. The largest absolute Gasteiger partial charge is 0.363 e. The van der Waals surface area contributed by atoms with Crippen LogP contribution in [0.4, 0.5) is 5.82 Å². The Morgan fingerprint density at radius 1 is 1.40 bits per heavy atom. The van der Waals surface area contributed by atoms with E-state index in [0.717, 1.165) is 16.0 Å². The summed E-state index contributed by atoms with van der Waals surface area (Å²) in [5.41, 5.74) is 1.12. The summed E-state index contributed by atoms with van der Waals surface area (Å²) in [6.07, 6.45) is 3.54. The van der Waals surface area contributed by atoms with Gasteiger partial charge in [-0.25, -0.2) is 4.98 Å². The number of anilines is 1. The maximum Gasteiger partial charge on any atom is 0.140 e. The summed E-state index contributed by atoms with van der Waals surface area (Å²) in [6.45, 7) is 0.714. The summed E-state index contributed by atoms with van der Waals surface area (Å²) in [7, 11) is 1.92. The molecule has 2 aromatic rings. The number of aromatic nitrogens is 3. The number of pyridine rings is 1. The van der Waals surface area contributed by atoms with Gasteiger partial charge in [0.05, 0.1) is 16.7 Å². The Bertz CT molecular complexity index is 452. The SMILES string of the molecule is Cn1nccc1CNc1ncccc1Br. The van der Waals surface area contributed by atoms with Crippen molar-refractivity contribution >= 4 is 21.7 Å². The Labute approximate surface area is 96.5 Å². The third-order valence-corrected chi connectivity index (χ3v) is 2.76. The molecule has 5 heteroatoms. The molecule has 0 fully saturated rings. The molecular weight excluding hydrogens is 256 g/mol. The zero-order valence-electron chi connectivity index (χ0n) is 8.31. The second kappa shape index (κ2) is 4.44. The molecule has 0 bridgehead atoms. The molecule has 0 radical (unpaired) electrons. The predicted octanol–water partition coefficient (Wildman–Crippen LogP) is 2.19. The first-order valence-corrected chi connectivity index (χ1v) is 5.38. The van der Waals surface area contributed by atoms with Crippen LogP contribution in [-0.2, 0) is 13.6 Å². The van der Waals surface area contributed by atoms with Gasteiger partial charge >= 0.3 is 0 Å². The summed E-state index contributed by atoms with van der Waals surface area (Å²) in [5.74, 6) is 0.846. The van der Waals surface area contributed by atoms with Crippen molar-refractivity contribution in [1.82, 2.24) is 14.8 Å². The highest BCUT2D eigenvalue weighted by Crippen LogP contribution is 2.18. The van der Waals surface area contributed by atoms with Gasteiger partial charge in [0.15, 0.2) is 0 Å². The van der Waals surface area contributed by atoms with E-state index in [4.69, 9.17) is 0 Å². The summed E-state index contributed by atoms with van der Waals surface area (Å²) in [4.78, 5) is 4.22. The molecule has 2 aromatic heterocycles. The molecule has 0 aliphatic rings. The van der Waals surface area contributed by atoms with Crippen LogP contribution in [0.25, 0.3) is 0 Å². The second-order valence-corrected chi connectivity index (χ2v) is 3.99. The van der Waals surface area contributed by atoms with Crippen LogP contribution in [0.2, 0.25) is 0 Å². The van der Waals surface area contributed by atoms with Gasteiger partial charge in [-0.1, -0.05) is 0 Å². The van der Waals surface area contributed by atoms with Gasteiger partial charge in [0.25, 0.3) is 0 Å². The Hall–Kier alpha value is -1.36. The predicted molar refractivity (Wildman–Crippen MR) is 62.5 cm³/mol. The normalized spacial score (nSPS) is 10.3. The number of nitrogens with zero attached hydrogens (tertiary/aromatic N) is 3. The topological polar surface area (TPSA) is 42.7 Å². The van der Waals surface area contributed by atoms with E-state index in [0.29, 0.717) is 6.54 Å². The van der Waals surface area contributed by atoms with Crippen LogP contribution >= 0.6 is 15.9 Å². The van der Waals surface area contributed by atoms with Crippen molar-refractivity contribution in [2.75, 3.05) is 5.32 Å². The van der Waals surface area contributed by atoms with E-state index < -0.39 is 0 Å². The molecule has 0 aliphatic carbocycles. The van der Waals surface area contributed by atoms with Crippen LogP contribution < -0.4 is 5.32 Å². The van der Waals surface area contributed by atoms with Crippen LogP contribution in [-0.4, -0.2) is 14.8 Å². The monoisotopic (exact) mass is 266 g/mol. The van der Waals surface area contributed by atoms with E-state index in [2.05, 4.69) is 31.3 Å². The average molecular weight is 267 g/mol. The molecule has 0 aromatic carbocycles. The number of aryl methyl sites for hydroxylation is 1. The number of hydrogen-bond acceptors (Lipinski definition) is 3. The van der Waals surface area contributed by atoms with E-state index in [-0.39, 0.29) is 0 Å². The molecule has 0 amide bonds. The van der Waals surface area contributed by atoms with Gasteiger partial charge in [0.1, 0.15) is 5.82 Å². The number of hydrogen-bond donors (Lipinski definition) is 1. The third kappa shape index (κ3) is 2.36. The van der Waals surface area contributed by atoms with Crippen molar-refractivity contribution in [3.8, 4) is 0 Å². The highest BCUT2D eigenvalue weighted by atomic mass is 79.9. The van der Waals surface area contributed by atoms with E-state index in [1.54, 1.807) is 12.4 Å². The molecule has 0 aliphatic heterocycles. The van der Waals surface area contributed by atoms with E-state index in [1.165, 1.54) is 0 Å². The molecule has 0 atom stereocenters. The standard InChI is InChI=1S/C10H11BrN4/c1-15-8(4-6-14-15)7-13-10-9(11)3-2-5-12-10/h2-6H,7H2,1H3,(H,12,13). The number of halogens is 1. The van der Waals surface area contributed by atoms with Gasteiger partial charge in [-0.2, -0.15) is 5.10 Å². The Morgan fingerprint density at radius 3 is 2.93 bits per heavy atom. The minimum absolute atomic E-state index is 0.714. The Balaban J connectivity index is 2.06. The smallest absolute Gasteiger partial charge is 0.140 e. The van der Waals surface area contributed by atoms with Gasteiger partial charge in [-0.15, -0.1) is 0 Å². The maximum absolute atomic E-state index is 4.22. The van der Waals surface area contributed by atoms with Crippen molar-refractivity contribution < 1.29 is 0 Å². The van der Waals surface area contributed by atoms with E-state index in [9.17, 15) is 0 Å². The highest BCUT2D eigenvalue weighted by molar-refractivity contribution is 9.10. The molecule has 78 valence electrons. The van der Waals surface area contributed by atoms with Crippen molar-refractivity contribution in [2.45, 2.75) is 6.54 Å². The summed E-state index contributed by atoms with van der Waals surface area (Å²) < 4.78 is 2.80. The number of rotatable bonds is 3. The Morgan fingerprint density at radius 2 is 2.27 bits per heavy atom. The van der Waals surface area contributed by atoms with Crippen molar-refractivity contribution in [3.63, 3.8) is 0 Å². The molecule has 15 heavy (non-hydrogen) atoms. The fourth-order valence-corrected chi connectivity index (χ4v) is 1.66. The second-order valence-electron chi connectivity index (χ2n) is 3.13. The molecule has 2 heterocycles. The van der Waals surface area contributed by atoms with Crippen molar-refractivity contribution in [3.05, 3.63) is 40.8 Å². The van der Waals surface area contributed by atoms with E-state index >= 15 is 0 Å². The van der Waals surface area contributed by atoms with Gasteiger partial charge < -0.3 is 5.32 Å². The molecule has 2 rings (SSSR count). The number of nitrogens with one attached hydrogen (secondary N) is 1. The van der Waals surface area contributed by atoms with Crippen LogP contribution in [0.3, 0.4) is 0 Å². The third-order valence-electron chi connectivity index (χ3n) is 2.12. The summed E-state index contributed by atoms with van der Waals surface area (Å²) >= 11 is 3.43. The zero-order valence-corrected chi connectivity index (χ0v) is 9.90. The fourth-order valence-electron chi connectivity index (χ4n) is 1.26. The lowest BCUT2D eigenvalue weighted by molar-refractivity contribution is 0.720. The highest BCUT2D eigenvalue weighted by Gasteiger charge is 2.01. The quantitative estimate of drug-likeness (QED) is 0.926. The van der Waals surface area contributed by atoms with E-state index in [1.807, 2.05) is 29.9 Å². The van der Waals surface area contributed by atoms with Crippen LogP contribution in [0.5, 0.6) is 0 Å². The first-order valence-electron chi connectivity index (χ1n) is 4.58. The average Bonchev–Trinajstić information content (AvgIpc) is 2.63. The van der Waals surface area contributed by atoms with Crippen LogP contribution in [0.15, 0.2) is 35.1 Å². The minimum atomic E-state index is 0.714. The zero-order chi connectivity index (χ0) is 10.7. The first kappa shape index (κ1) is 10.2. The lowest BCUT2D eigenvalue weighted by Gasteiger charge is -2.06.